The average molecular weight is 414 g/mol. The Morgan fingerprint density at radius 2 is 1.63 bits per heavy atom. The summed E-state index contributed by atoms with van der Waals surface area (Å²) >= 11 is 0. The first kappa shape index (κ1) is 21.2. The van der Waals surface area contributed by atoms with Crippen LogP contribution in [0.1, 0.15) is 23.6 Å². The molecule has 0 atom stereocenters. The lowest BCUT2D eigenvalue weighted by atomic mass is 10.2. The zero-order valence-corrected chi connectivity index (χ0v) is 16.3. The molecule has 0 spiro atoms. The van der Waals surface area contributed by atoms with Crippen LogP contribution in [0.15, 0.2) is 77.9 Å². The second-order valence-corrected chi connectivity index (χ2v) is 6.36. The Balaban J connectivity index is 1.64. The van der Waals surface area contributed by atoms with Gasteiger partial charge in [0, 0.05) is 0 Å². The van der Waals surface area contributed by atoms with Crippen LogP contribution in [0.5, 0.6) is 11.5 Å². The average Bonchev–Trinajstić information content (AvgIpc) is 2.74. The van der Waals surface area contributed by atoms with E-state index in [1.165, 1.54) is 12.1 Å². The molecule has 3 aromatic rings. The van der Waals surface area contributed by atoms with E-state index < -0.39 is 11.7 Å². The molecule has 0 aliphatic heterocycles. The Hall–Kier alpha value is -3.48. The molecule has 0 aliphatic carbocycles. The van der Waals surface area contributed by atoms with E-state index in [2.05, 4.69) is 10.5 Å². The minimum Gasteiger partial charge on any atom is -0.490 e. The molecule has 0 fully saturated rings. The maximum absolute atomic E-state index is 12.6. The van der Waals surface area contributed by atoms with E-state index in [-0.39, 0.29) is 0 Å². The first-order valence-corrected chi connectivity index (χ1v) is 9.35. The molecule has 0 saturated heterocycles. The van der Waals surface area contributed by atoms with Crippen molar-refractivity contribution in [2.24, 2.45) is 5.10 Å². The molecule has 0 aromatic heterocycles. The highest BCUT2D eigenvalue weighted by molar-refractivity contribution is 5.81. The largest absolute Gasteiger partial charge is 0.490 e. The van der Waals surface area contributed by atoms with Crippen LogP contribution in [0.3, 0.4) is 0 Å². The van der Waals surface area contributed by atoms with E-state index in [9.17, 15) is 13.2 Å². The van der Waals surface area contributed by atoms with Gasteiger partial charge in [0.2, 0.25) is 0 Å². The Labute approximate surface area is 173 Å². The van der Waals surface area contributed by atoms with Crippen LogP contribution in [-0.4, -0.2) is 12.8 Å². The van der Waals surface area contributed by atoms with Crippen LogP contribution < -0.4 is 14.9 Å². The van der Waals surface area contributed by atoms with Crippen molar-refractivity contribution >= 4 is 11.9 Å². The standard InChI is InChI=1S/C23H21F3N2O2/c1-2-29-22-14-18(8-13-21(22)30-16-17-6-4-3-5-7-17)15-27-28-20-11-9-19(10-12-20)23(24,25)26/h3-15,28H,2,16H2,1H3. The number of halogens is 3. The quantitative estimate of drug-likeness (QED) is 0.356. The van der Waals surface area contributed by atoms with E-state index in [1.54, 1.807) is 18.3 Å². The van der Waals surface area contributed by atoms with Crippen molar-refractivity contribution in [3.05, 3.63) is 89.5 Å². The third kappa shape index (κ3) is 6.01. The predicted octanol–water partition coefficient (Wildman–Crippen LogP) is 6.13. The van der Waals surface area contributed by atoms with Gasteiger partial charge in [0.1, 0.15) is 6.61 Å². The van der Waals surface area contributed by atoms with Crippen LogP contribution in [0.25, 0.3) is 0 Å². The molecule has 0 aliphatic rings. The zero-order chi connectivity index (χ0) is 21.4. The number of ether oxygens (including phenoxy) is 2. The molecule has 30 heavy (non-hydrogen) atoms. The van der Waals surface area contributed by atoms with Gasteiger partial charge in [-0.05, 0) is 60.5 Å². The molecule has 0 amide bonds. The Bertz CT molecular complexity index is 972. The molecule has 0 heterocycles. The zero-order valence-electron chi connectivity index (χ0n) is 16.3. The highest BCUT2D eigenvalue weighted by Gasteiger charge is 2.29. The summed E-state index contributed by atoms with van der Waals surface area (Å²) in [4.78, 5) is 0. The first-order chi connectivity index (χ1) is 14.5. The fourth-order valence-electron chi connectivity index (χ4n) is 2.64. The first-order valence-electron chi connectivity index (χ1n) is 9.35. The summed E-state index contributed by atoms with van der Waals surface area (Å²) in [7, 11) is 0. The normalized spacial score (nSPS) is 11.5. The lowest BCUT2D eigenvalue weighted by Gasteiger charge is -2.12. The molecule has 3 rings (SSSR count). The van der Waals surface area contributed by atoms with Crippen LogP contribution >= 0.6 is 0 Å². The molecule has 0 bridgehead atoms. The lowest BCUT2D eigenvalue weighted by Crippen LogP contribution is -2.04. The smallest absolute Gasteiger partial charge is 0.416 e. The molecule has 1 N–H and O–H groups in total. The highest BCUT2D eigenvalue weighted by atomic mass is 19.4. The third-order valence-electron chi connectivity index (χ3n) is 4.12. The highest BCUT2D eigenvalue weighted by Crippen LogP contribution is 2.30. The fourth-order valence-corrected chi connectivity index (χ4v) is 2.64. The van der Waals surface area contributed by atoms with E-state index in [0.29, 0.717) is 30.4 Å². The minimum absolute atomic E-state index is 0.420. The number of hydrogen-bond donors (Lipinski definition) is 1. The molecular weight excluding hydrogens is 393 g/mol. The molecule has 0 unspecified atom stereocenters. The van der Waals surface area contributed by atoms with Crippen molar-refractivity contribution in [3.63, 3.8) is 0 Å². The predicted molar refractivity (Wildman–Crippen MR) is 111 cm³/mol. The van der Waals surface area contributed by atoms with Crippen LogP contribution in [0.2, 0.25) is 0 Å². The van der Waals surface area contributed by atoms with E-state index in [0.717, 1.165) is 23.3 Å². The number of rotatable bonds is 8. The number of nitrogens with zero attached hydrogens (tertiary/aromatic N) is 1. The third-order valence-corrected chi connectivity index (χ3v) is 4.12. The van der Waals surface area contributed by atoms with Gasteiger partial charge in [0.05, 0.1) is 24.1 Å². The number of alkyl halides is 3. The molecule has 7 heteroatoms. The fraction of sp³-hybridized carbons (Fsp3) is 0.174. The summed E-state index contributed by atoms with van der Waals surface area (Å²) in [5.74, 6) is 1.21. The molecule has 156 valence electrons. The number of hydrogen-bond acceptors (Lipinski definition) is 4. The van der Waals surface area contributed by atoms with Crippen molar-refractivity contribution in [2.45, 2.75) is 19.7 Å². The van der Waals surface area contributed by atoms with Crippen LogP contribution in [0, 0.1) is 0 Å². The number of benzene rings is 3. The molecular formula is C23H21F3N2O2. The summed E-state index contributed by atoms with van der Waals surface area (Å²) in [6.07, 6.45) is -2.80. The molecule has 4 nitrogen and oxygen atoms in total. The van der Waals surface area contributed by atoms with Crippen molar-refractivity contribution in [2.75, 3.05) is 12.0 Å². The molecule has 0 radical (unpaired) electrons. The second kappa shape index (κ2) is 9.82. The summed E-state index contributed by atoms with van der Waals surface area (Å²) < 4.78 is 49.3. The molecule has 3 aromatic carbocycles. The van der Waals surface area contributed by atoms with E-state index in [4.69, 9.17) is 9.47 Å². The molecule has 0 saturated carbocycles. The van der Waals surface area contributed by atoms with Gasteiger partial charge in [-0.15, -0.1) is 0 Å². The topological polar surface area (TPSA) is 42.8 Å². The minimum atomic E-state index is -4.36. The SMILES string of the molecule is CCOc1cc(C=NNc2ccc(C(F)(F)F)cc2)ccc1OCc1ccccc1. The van der Waals surface area contributed by atoms with Crippen molar-refractivity contribution in [3.8, 4) is 11.5 Å². The summed E-state index contributed by atoms with van der Waals surface area (Å²) in [6, 6.07) is 19.9. The van der Waals surface area contributed by atoms with Crippen molar-refractivity contribution in [1.82, 2.24) is 0 Å². The lowest BCUT2D eigenvalue weighted by molar-refractivity contribution is -0.137. The van der Waals surface area contributed by atoms with Crippen molar-refractivity contribution < 1.29 is 22.6 Å². The maximum atomic E-state index is 12.6. The number of nitrogens with one attached hydrogen (secondary N) is 1. The van der Waals surface area contributed by atoms with Crippen LogP contribution in [-0.2, 0) is 12.8 Å². The number of anilines is 1. The monoisotopic (exact) mass is 414 g/mol. The van der Waals surface area contributed by atoms with Gasteiger partial charge in [-0.1, -0.05) is 30.3 Å². The van der Waals surface area contributed by atoms with Crippen molar-refractivity contribution in [1.29, 1.82) is 0 Å². The van der Waals surface area contributed by atoms with Gasteiger partial charge < -0.3 is 9.47 Å². The van der Waals surface area contributed by atoms with Crippen LogP contribution in [0.4, 0.5) is 18.9 Å². The van der Waals surface area contributed by atoms with Gasteiger partial charge in [0.15, 0.2) is 11.5 Å². The summed E-state index contributed by atoms with van der Waals surface area (Å²) in [5.41, 5.74) is 4.26. The number of hydrazone groups is 1. The van der Waals surface area contributed by atoms with Gasteiger partial charge in [-0.25, -0.2) is 0 Å². The Morgan fingerprint density at radius 3 is 2.30 bits per heavy atom. The summed E-state index contributed by atoms with van der Waals surface area (Å²) in [6.45, 7) is 2.78. The van der Waals surface area contributed by atoms with Gasteiger partial charge >= 0.3 is 6.18 Å². The van der Waals surface area contributed by atoms with E-state index >= 15 is 0 Å². The second-order valence-electron chi connectivity index (χ2n) is 6.36. The van der Waals surface area contributed by atoms with E-state index in [1.807, 2.05) is 43.3 Å². The Morgan fingerprint density at radius 1 is 0.900 bits per heavy atom. The van der Waals surface area contributed by atoms with Gasteiger partial charge in [-0.3, -0.25) is 5.43 Å². The summed E-state index contributed by atoms with van der Waals surface area (Å²) in [5, 5.41) is 4.08. The Kier molecular flexibility index (Phi) is 6.95. The van der Waals surface area contributed by atoms with Gasteiger partial charge in [-0.2, -0.15) is 18.3 Å². The maximum Gasteiger partial charge on any atom is 0.416 e. The van der Waals surface area contributed by atoms with Gasteiger partial charge in [0.25, 0.3) is 0 Å².